The molecule has 0 saturated carbocycles. The van der Waals surface area contributed by atoms with Crippen LogP contribution in [0.2, 0.25) is 0 Å². The molecule has 1 unspecified atom stereocenters. The summed E-state index contributed by atoms with van der Waals surface area (Å²) in [6.07, 6.45) is 42.1. The Morgan fingerprint density at radius 3 is 1.98 bits per heavy atom. The van der Waals surface area contributed by atoms with Crippen LogP contribution < -0.4 is 5.73 Å². The molecule has 0 aromatic rings. The largest absolute Gasteiger partial charge is 0.498 e. The third-order valence-electron chi connectivity index (χ3n) is 8.08. The molecular formula is C41H74NO8P. The van der Waals surface area contributed by atoms with Crippen molar-refractivity contribution in [2.75, 3.05) is 26.4 Å². The number of hydrogen-bond donors (Lipinski definition) is 3. The second-order valence-electron chi connectivity index (χ2n) is 13.1. The highest BCUT2D eigenvalue weighted by atomic mass is 31.2. The van der Waals surface area contributed by atoms with Crippen LogP contribution in [0.25, 0.3) is 0 Å². The number of aliphatic hydroxyl groups is 1. The van der Waals surface area contributed by atoms with Gasteiger partial charge in [-0.3, -0.25) is 13.8 Å². The SMILES string of the molecule is CCCCC/C=C\C=C/[C@H](O)C/C=C\C/C=C/CCCC(=O)O[C@H](CO/C=C/CCCCCCCCCCCCCC)COP(=O)(O)OCCN. The zero-order valence-electron chi connectivity index (χ0n) is 32.2. The lowest BCUT2D eigenvalue weighted by molar-refractivity contribution is -0.153. The Morgan fingerprint density at radius 1 is 0.706 bits per heavy atom. The maximum absolute atomic E-state index is 12.5. The number of unbranched alkanes of at least 4 members (excludes halogenated alkanes) is 16. The number of esters is 1. The zero-order valence-corrected chi connectivity index (χ0v) is 33.1. The quantitative estimate of drug-likeness (QED) is 0.0142. The maximum Gasteiger partial charge on any atom is 0.472 e. The van der Waals surface area contributed by atoms with Crippen LogP contribution in [0.1, 0.15) is 155 Å². The molecular weight excluding hydrogens is 665 g/mol. The molecule has 0 fully saturated rings. The zero-order chi connectivity index (χ0) is 37.5. The summed E-state index contributed by atoms with van der Waals surface area (Å²) in [6.45, 7) is 4.04. The van der Waals surface area contributed by atoms with Crippen LogP contribution in [0.3, 0.4) is 0 Å². The number of phosphoric ester groups is 1. The van der Waals surface area contributed by atoms with Gasteiger partial charge < -0.3 is 25.2 Å². The van der Waals surface area contributed by atoms with Gasteiger partial charge in [-0.1, -0.05) is 146 Å². The van der Waals surface area contributed by atoms with Crippen molar-refractivity contribution in [1.29, 1.82) is 0 Å². The topological polar surface area (TPSA) is 138 Å². The number of nitrogens with two attached hydrogens (primary N) is 1. The second kappa shape index (κ2) is 37.7. The number of carbonyl (C=O) groups is 1. The number of allylic oxidation sites excluding steroid dienone is 7. The van der Waals surface area contributed by atoms with Gasteiger partial charge >= 0.3 is 13.8 Å². The van der Waals surface area contributed by atoms with Crippen molar-refractivity contribution in [3.05, 3.63) is 60.9 Å². The first-order valence-electron chi connectivity index (χ1n) is 19.9. The van der Waals surface area contributed by atoms with Crippen molar-refractivity contribution in [3.8, 4) is 0 Å². The lowest BCUT2D eigenvalue weighted by atomic mass is 10.0. The summed E-state index contributed by atoms with van der Waals surface area (Å²) in [7, 11) is -4.32. The smallest absolute Gasteiger partial charge is 0.472 e. The molecule has 3 atom stereocenters. The van der Waals surface area contributed by atoms with Crippen LogP contribution in [-0.2, 0) is 27.9 Å². The molecule has 0 aromatic heterocycles. The average molecular weight is 740 g/mol. The Labute approximate surface area is 311 Å². The van der Waals surface area contributed by atoms with E-state index in [0.717, 1.165) is 25.7 Å². The van der Waals surface area contributed by atoms with Gasteiger partial charge in [0, 0.05) is 13.0 Å². The van der Waals surface area contributed by atoms with Crippen LogP contribution in [-0.4, -0.2) is 54.5 Å². The maximum atomic E-state index is 12.5. The van der Waals surface area contributed by atoms with E-state index in [1.54, 1.807) is 12.3 Å². The molecule has 4 N–H and O–H groups in total. The predicted molar refractivity (Wildman–Crippen MR) is 211 cm³/mol. The van der Waals surface area contributed by atoms with E-state index in [1.807, 2.05) is 42.5 Å². The summed E-state index contributed by atoms with van der Waals surface area (Å²) in [5, 5.41) is 10.0. The highest BCUT2D eigenvalue weighted by molar-refractivity contribution is 7.47. The summed E-state index contributed by atoms with van der Waals surface area (Å²) in [4.78, 5) is 22.4. The predicted octanol–water partition coefficient (Wildman–Crippen LogP) is 10.7. The normalized spacial score (nSPS) is 14.8. The molecule has 10 heteroatoms. The molecule has 0 saturated heterocycles. The van der Waals surface area contributed by atoms with E-state index in [2.05, 4.69) is 19.9 Å². The molecule has 0 aliphatic carbocycles. The van der Waals surface area contributed by atoms with Crippen LogP contribution in [0.4, 0.5) is 0 Å². The third-order valence-corrected chi connectivity index (χ3v) is 9.07. The van der Waals surface area contributed by atoms with E-state index in [0.29, 0.717) is 19.3 Å². The van der Waals surface area contributed by atoms with Crippen molar-refractivity contribution in [3.63, 3.8) is 0 Å². The van der Waals surface area contributed by atoms with Gasteiger partial charge in [-0.2, -0.15) is 0 Å². The number of hydrogen-bond acceptors (Lipinski definition) is 8. The Morgan fingerprint density at radius 2 is 1.29 bits per heavy atom. The monoisotopic (exact) mass is 740 g/mol. The van der Waals surface area contributed by atoms with Crippen molar-refractivity contribution in [2.45, 2.75) is 167 Å². The Kier molecular flexibility index (Phi) is 36.3. The fourth-order valence-corrected chi connectivity index (χ4v) is 5.86. The molecule has 9 nitrogen and oxygen atoms in total. The highest BCUT2D eigenvalue weighted by Crippen LogP contribution is 2.43. The van der Waals surface area contributed by atoms with Gasteiger partial charge in [0.1, 0.15) is 6.61 Å². The Hall–Kier alpha value is -2.00. The van der Waals surface area contributed by atoms with E-state index in [4.69, 9.17) is 24.3 Å². The molecule has 0 rings (SSSR count). The highest BCUT2D eigenvalue weighted by Gasteiger charge is 2.25. The van der Waals surface area contributed by atoms with Crippen LogP contribution >= 0.6 is 7.82 Å². The minimum absolute atomic E-state index is 0.00987. The van der Waals surface area contributed by atoms with E-state index >= 15 is 0 Å². The van der Waals surface area contributed by atoms with E-state index in [-0.39, 0.29) is 32.8 Å². The molecule has 0 aromatic carbocycles. The van der Waals surface area contributed by atoms with Crippen LogP contribution in [0, 0.1) is 0 Å². The summed E-state index contributed by atoms with van der Waals surface area (Å²) in [5.41, 5.74) is 5.34. The molecule has 0 aliphatic heterocycles. The van der Waals surface area contributed by atoms with E-state index in [9.17, 15) is 19.4 Å². The fourth-order valence-electron chi connectivity index (χ4n) is 5.09. The molecule has 0 aliphatic rings. The van der Waals surface area contributed by atoms with Crippen molar-refractivity contribution >= 4 is 13.8 Å². The third kappa shape index (κ3) is 37.6. The van der Waals surface area contributed by atoms with Gasteiger partial charge in [0.05, 0.1) is 25.6 Å². The average Bonchev–Trinajstić information content (AvgIpc) is 3.11. The van der Waals surface area contributed by atoms with Gasteiger partial charge in [-0.15, -0.1) is 0 Å². The van der Waals surface area contributed by atoms with E-state index in [1.165, 1.54) is 89.9 Å². The molecule has 51 heavy (non-hydrogen) atoms. The van der Waals surface area contributed by atoms with Gasteiger partial charge in [-0.25, -0.2) is 4.57 Å². The summed E-state index contributed by atoms with van der Waals surface area (Å²) in [5.74, 6) is -0.436. The fraction of sp³-hybridized carbons (Fsp3) is 0.732. The molecule has 0 spiro atoms. The summed E-state index contributed by atoms with van der Waals surface area (Å²) >= 11 is 0. The van der Waals surface area contributed by atoms with Crippen molar-refractivity contribution in [2.24, 2.45) is 5.73 Å². The van der Waals surface area contributed by atoms with Crippen molar-refractivity contribution < 1.29 is 37.9 Å². The Balaban J connectivity index is 4.31. The number of aliphatic hydroxyl groups excluding tert-OH is 1. The first-order valence-corrected chi connectivity index (χ1v) is 21.4. The van der Waals surface area contributed by atoms with Crippen LogP contribution in [0.5, 0.6) is 0 Å². The molecule has 0 amide bonds. The molecule has 296 valence electrons. The summed E-state index contributed by atoms with van der Waals surface area (Å²) in [6, 6.07) is 0. The lowest BCUT2D eigenvalue weighted by Gasteiger charge is -2.19. The van der Waals surface area contributed by atoms with Gasteiger partial charge in [0.2, 0.25) is 0 Å². The molecule has 0 radical (unpaired) electrons. The number of phosphoric acid groups is 1. The van der Waals surface area contributed by atoms with Crippen molar-refractivity contribution in [1.82, 2.24) is 0 Å². The lowest BCUT2D eigenvalue weighted by Crippen LogP contribution is -2.27. The number of carbonyl (C=O) groups excluding carboxylic acids is 1. The standard InChI is InChI=1S/C41H74NO8P/c1-3-5-7-9-11-12-13-14-15-16-17-22-26-30-35-47-37-40(38-49-51(45,46)48-36-34-42)50-41(44)33-29-25-21-18-20-24-28-32-39(43)31-27-23-19-10-8-6-4-2/h18-19,21,23-24,27-28,30-31,35,39-40,43H,3-17,20,22,25-26,29,32-34,36-38,42H2,1-2H3,(H,45,46)/b21-18+,23-19-,28-24-,31-27-,35-30+/t39-,40+/m0/s1. The second-order valence-corrected chi connectivity index (χ2v) is 14.5. The number of ether oxygens (including phenoxy) is 2. The van der Waals surface area contributed by atoms with Gasteiger partial charge in [-0.05, 0) is 57.4 Å². The van der Waals surface area contributed by atoms with Gasteiger partial charge in [0.25, 0.3) is 0 Å². The van der Waals surface area contributed by atoms with E-state index < -0.39 is 26.0 Å². The van der Waals surface area contributed by atoms with Gasteiger partial charge in [0.15, 0.2) is 6.10 Å². The number of rotatable bonds is 37. The first kappa shape index (κ1) is 49.0. The Bertz CT molecular complexity index is 981. The summed E-state index contributed by atoms with van der Waals surface area (Å²) < 4.78 is 33.0. The minimum Gasteiger partial charge on any atom is -0.498 e. The molecule has 0 heterocycles. The van der Waals surface area contributed by atoms with Crippen LogP contribution in [0.15, 0.2) is 60.9 Å². The minimum atomic E-state index is -4.32. The molecule has 0 bridgehead atoms. The first-order chi connectivity index (χ1) is 24.8.